The van der Waals surface area contributed by atoms with Crippen LogP contribution in [0.4, 0.5) is 0 Å². The van der Waals surface area contributed by atoms with E-state index in [0.717, 1.165) is 11.4 Å². The first kappa shape index (κ1) is 8.78. The molecule has 78 valence electrons. The minimum Gasteiger partial charge on any atom is -0.221 e. The summed E-state index contributed by atoms with van der Waals surface area (Å²) in [5, 5.41) is 15.4. The second-order valence-corrected chi connectivity index (χ2v) is 3.22. The third-order valence-electron chi connectivity index (χ3n) is 2.20. The maximum absolute atomic E-state index is 3.93. The van der Waals surface area contributed by atoms with Crippen molar-refractivity contribution in [1.82, 2.24) is 30.0 Å². The van der Waals surface area contributed by atoms with E-state index in [9.17, 15) is 0 Å². The highest BCUT2D eigenvalue weighted by Gasteiger charge is 2.00. The first-order valence-corrected chi connectivity index (χ1v) is 4.77. The molecule has 0 atom stereocenters. The van der Waals surface area contributed by atoms with E-state index in [1.54, 1.807) is 34.2 Å². The van der Waals surface area contributed by atoms with Crippen LogP contribution < -0.4 is 0 Å². The molecular formula is C10H8N6. The molecular weight excluding hydrogens is 204 g/mol. The summed E-state index contributed by atoms with van der Waals surface area (Å²) in [5.74, 6) is 0. The zero-order chi connectivity index (χ0) is 10.8. The molecule has 2 heterocycles. The lowest BCUT2D eigenvalue weighted by molar-refractivity contribution is 0.786. The first-order chi connectivity index (χ1) is 7.93. The summed E-state index contributed by atoms with van der Waals surface area (Å²) in [6.45, 7) is 0. The van der Waals surface area contributed by atoms with Gasteiger partial charge >= 0.3 is 0 Å². The molecule has 0 unspecified atom stereocenters. The molecule has 16 heavy (non-hydrogen) atoms. The summed E-state index contributed by atoms with van der Waals surface area (Å²) < 4.78 is 3.39. The van der Waals surface area contributed by atoms with Gasteiger partial charge in [-0.05, 0) is 18.2 Å². The molecule has 3 rings (SSSR count). The Morgan fingerprint density at radius 1 is 0.812 bits per heavy atom. The van der Waals surface area contributed by atoms with Gasteiger partial charge in [-0.3, -0.25) is 0 Å². The second-order valence-electron chi connectivity index (χ2n) is 3.22. The van der Waals surface area contributed by atoms with Crippen LogP contribution in [-0.4, -0.2) is 30.0 Å². The molecule has 0 radical (unpaired) electrons. The summed E-state index contributed by atoms with van der Waals surface area (Å²) in [7, 11) is 0. The molecule has 0 bridgehead atoms. The average molecular weight is 212 g/mol. The van der Waals surface area contributed by atoms with E-state index in [0.29, 0.717) is 0 Å². The van der Waals surface area contributed by atoms with Crippen molar-refractivity contribution in [3.8, 4) is 11.4 Å². The van der Waals surface area contributed by atoms with Gasteiger partial charge in [-0.25, -0.2) is 9.36 Å². The zero-order valence-corrected chi connectivity index (χ0v) is 8.30. The number of rotatable bonds is 2. The molecule has 2 aromatic heterocycles. The van der Waals surface area contributed by atoms with Gasteiger partial charge in [0.05, 0.1) is 36.2 Å². The van der Waals surface area contributed by atoms with Gasteiger partial charge in [-0.1, -0.05) is 16.5 Å². The Morgan fingerprint density at radius 3 is 1.81 bits per heavy atom. The highest BCUT2D eigenvalue weighted by Crippen LogP contribution is 2.11. The minimum absolute atomic E-state index is 0.936. The molecule has 0 N–H and O–H groups in total. The smallest absolute Gasteiger partial charge is 0.0697 e. The molecule has 1 aromatic carbocycles. The molecule has 0 aliphatic carbocycles. The molecule has 6 heteroatoms. The predicted octanol–water partition coefficient (Wildman–Crippen LogP) is 0.848. The van der Waals surface area contributed by atoms with Crippen LogP contribution in [0, 0.1) is 0 Å². The summed E-state index contributed by atoms with van der Waals surface area (Å²) in [4.78, 5) is 0. The maximum atomic E-state index is 3.93. The molecule has 3 aromatic rings. The van der Waals surface area contributed by atoms with Gasteiger partial charge in [0, 0.05) is 0 Å². The molecule has 0 saturated heterocycles. The summed E-state index contributed by atoms with van der Waals surface area (Å²) in [6, 6.07) is 7.81. The van der Waals surface area contributed by atoms with Gasteiger partial charge in [0.25, 0.3) is 0 Å². The van der Waals surface area contributed by atoms with Gasteiger partial charge in [0.1, 0.15) is 0 Å². The van der Waals surface area contributed by atoms with Crippen molar-refractivity contribution >= 4 is 0 Å². The van der Waals surface area contributed by atoms with E-state index in [1.807, 2.05) is 24.3 Å². The summed E-state index contributed by atoms with van der Waals surface area (Å²) in [5.41, 5.74) is 1.87. The quantitative estimate of drug-likeness (QED) is 0.631. The highest BCUT2D eigenvalue weighted by atomic mass is 15.4. The normalized spacial score (nSPS) is 10.5. The molecule has 0 amide bonds. The lowest BCUT2D eigenvalue weighted by atomic mass is 10.3. The van der Waals surface area contributed by atoms with E-state index in [-0.39, 0.29) is 0 Å². The van der Waals surface area contributed by atoms with Crippen LogP contribution in [0.25, 0.3) is 11.4 Å². The van der Waals surface area contributed by atoms with Crippen LogP contribution in [0.2, 0.25) is 0 Å². The fourth-order valence-electron chi connectivity index (χ4n) is 1.47. The zero-order valence-electron chi connectivity index (χ0n) is 8.30. The van der Waals surface area contributed by atoms with Crippen molar-refractivity contribution in [3.05, 3.63) is 49.1 Å². The lowest BCUT2D eigenvalue weighted by Gasteiger charge is -2.03. The van der Waals surface area contributed by atoms with Crippen molar-refractivity contribution < 1.29 is 0 Å². The van der Waals surface area contributed by atoms with Crippen LogP contribution in [0.5, 0.6) is 0 Å². The number of benzene rings is 1. The number of nitrogens with zero attached hydrogens (tertiary/aromatic N) is 6. The van der Waals surface area contributed by atoms with E-state index >= 15 is 0 Å². The average Bonchev–Trinajstić information content (AvgIpc) is 3.03. The van der Waals surface area contributed by atoms with E-state index in [4.69, 9.17) is 0 Å². The molecule has 0 saturated carbocycles. The standard InChI is InChI=1S/C10H8N6/c1-2-9(15-6-4-11-13-15)8-10(3-1)16-7-5-12-14-16/h1-8H. The van der Waals surface area contributed by atoms with Crippen LogP contribution in [0.3, 0.4) is 0 Å². The number of aromatic nitrogens is 6. The first-order valence-electron chi connectivity index (χ1n) is 4.77. The van der Waals surface area contributed by atoms with Crippen molar-refractivity contribution in [2.24, 2.45) is 0 Å². The minimum atomic E-state index is 0.936. The Hall–Kier alpha value is -2.50. The molecule has 0 fully saturated rings. The summed E-state index contributed by atoms with van der Waals surface area (Å²) in [6.07, 6.45) is 6.87. The Balaban J connectivity index is 2.07. The lowest BCUT2D eigenvalue weighted by Crippen LogP contribution is -1.99. The number of hydrogen-bond donors (Lipinski definition) is 0. The van der Waals surface area contributed by atoms with Crippen LogP contribution in [0.15, 0.2) is 49.1 Å². The molecule has 0 aliphatic heterocycles. The summed E-state index contributed by atoms with van der Waals surface area (Å²) >= 11 is 0. The SMILES string of the molecule is c1cc(-n2ccnn2)cc(-n2ccnn2)c1. The van der Waals surface area contributed by atoms with Crippen LogP contribution in [-0.2, 0) is 0 Å². The van der Waals surface area contributed by atoms with Crippen molar-refractivity contribution in [2.45, 2.75) is 0 Å². The topological polar surface area (TPSA) is 61.4 Å². The number of hydrogen-bond acceptors (Lipinski definition) is 4. The third-order valence-corrected chi connectivity index (χ3v) is 2.20. The van der Waals surface area contributed by atoms with Gasteiger partial charge in [-0.2, -0.15) is 0 Å². The Bertz CT molecular complexity index is 520. The Morgan fingerprint density at radius 2 is 1.38 bits per heavy atom. The van der Waals surface area contributed by atoms with Gasteiger partial charge < -0.3 is 0 Å². The Kier molecular flexibility index (Phi) is 1.96. The third kappa shape index (κ3) is 1.46. The van der Waals surface area contributed by atoms with E-state index < -0.39 is 0 Å². The maximum Gasteiger partial charge on any atom is 0.0697 e. The van der Waals surface area contributed by atoms with Crippen LogP contribution in [0.1, 0.15) is 0 Å². The highest BCUT2D eigenvalue weighted by molar-refractivity contribution is 5.42. The predicted molar refractivity (Wildman–Crippen MR) is 56.3 cm³/mol. The van der Waals surface area contributed by atoms with E-state index in [1.165, 1.54) is 0 Å². The van der Waals surface area contributed by atoms with Crippen molar-refractivity contribution in [1.29, 1.82) is 0 Å². The van der Waals surface area contributed by atoms with Crippen molar-refractivity contribution in [3.63, 3.8) is 0 Å². The van der Waals surface area contributed by atoms with Gasteiger partial charge in [-0.15, -0.1) is 10.2 Å². The van der Waals surface area contributed by atoms with E-state index in [2.05, 4.69) is 20.6 Å². The second kappa shape index (κ2) is 3.58. The monoisotopic (exact) mass is 212 g/mol. The van der Waals surface area contributed by atoms with Crippen LogP contribution >= 0.6 is 0 Å². The fraction of sp³-hybridized carbons (Fsp3) is 0. The fourth-order valence-corrected chi connectivity index (χ4v) is 1.47. The molecule has 0 spiro atoms. The molecule has 6 nitrogen and oxygen atoms in total. The van der Waals surface area contributed by atoms with Crippen molar-refractivity contribution in [2.75, 3.05) is 0 Å². The van der Waals surface area contributed by atoms with Gasteiger partial charge in [0.15, 0.2) is 0 Å². The molecule has 0 aliphatic rings. The largest absolute Gasteiger partial charge is 0.221 e. The Labute approximate surface area is 91.1 Å². The van der Waals surface area contributed by atoms with Gasteiger partial charge in [0.2, 0.25) is 0 Å².